The van der Waals surface area contributed by atoms with Crippen molar-refractivity contribution in [2.24, 2.45) is 0 Å². The molecule has 0 spiro atoms. The maximum atomic E-state index is 4.42. The molecule has 13 heavy (non-hydrogen) atoms. The minimum absolute atomic E-state index is 0.471. The summed E-state index contributed by atoms with van der Waals surface area (Å²) in [5.74, 6) is 0. The molecule has 1 rings (SSSR count). The number of hydrogen-bond donors (Lipinski definition) is 1. The van der Waals surface area contributed by atoms with Crippen LogP contribution in [-0.2, 0) is 6.42 Å². The summed E-state index contributed by atoms with van der Waals surface area (Å²) in [7, 11) is 1.98. The van der Waals surface area contributed by atoms with Crippen LogP contribution in [0, 0.1) is 6.92 Å². The number of aromatic nitrogens is 1. The van der Waals surface area contributed by atoms with Gasteiger partial charge in [-0.15, -0.1) is 17.9 Å². The molecular weight excluding hydrogens is 180 g/mol. The third-order valence-corrected chi connectivity index (χ3v) is 2.80. The summed E-state index contributed by atoms with van der Waals surface area (Å²) in [5, 5.41) is 6.52. The second-order valence-electron chi connectivity index (χ2n) is 3.07. The fourth-order valence-electron chi connectivity index (χ4n) is 1.26. The first-order valence-corrected chi connectivity index (χ1v) is 5.33. The van der Waals surface area contributed by atoms with E-state index in [1.807, 2.05) is 20.0 Å². The van der Waals surface area contributed by atoms with E-state index in [2.05, 4.69) is 22.3 Å². The Labute approximate surface area is 83.7 Å². The van der Waals surface area contributed by atoms with Crippen molar-refractivity contribution in [1.29, 1.82) is 0 Å². The first-order valence-electron chi connectivity index (χ1n) is 4.45. The third-order valence-electron chi connectivity index (χ3n) is 1.98. The van der Waals surface area contributed by atoms with Gasteiger partial charge in [0.15, 0.2) is 0 Å². The Bertz CT molecular complexity index is 268. The van der Waals surface area contributed by atoms with Crippen LogP contribution in [0.5, 0.6) is 0 Å². The normalized spacial score (nSPS) is 12.8. The van der Waals surface area contributed by atoms with Gasteiger partial charge in [-0.3, -0.25) is 0 Å². The molecule has 0 aliphatic heterocycles. The Kier molecular flexibility index (Phi) is 4.12. The van der Waals surface area contributed by atoms with Crippen molar-refractivity contribution in [2.75, 3.05) is 7.05 Å². The maximum absolute atomic E-state index is 4.42. The number of aryl methyl sites for hydroxylation is 1. The standard InChI is InChI=1S/C10H16N2S/c1-4-5-9(11-3)6-10-7-13-8(2)12-10/h4,7,9,11H,1,5-6H2,2-3H3. The smallest absolute Gasteiger partial charge is 0.0897 e. The molecule has 1 aromatic rings. The summed E-state index contributed by atoms with van der Waals surface area (Å²) in [6.45, 7) is 5.78. The first-order chi connectivity index (χ1) is 6.26. The third kappa shape index (κ3) is 3.28. The van der Waals surface area contributed by atoms with E-state index in [0.717, 1.165) is 17.8 Å². The van der Waals surface area contributed by atoms with Gasteiger partial charge in [-0.25, -0.2) is 4.98 Å². The van der Waals surface area contributed by atoms with Crippen LogP contribution >= 0.6 is 11.3 Å². The van der Waals surface area contributed by atoms with Gasteiger partial charge in [0.2, 0.25) is 0 Å². The van der Waals surface area contributed by atoms with E-state index in [0.29, 0.717) is 6.04 Å². The van der Waals surface area contributed by atoms with Crippen molar-refractivity contribution in [1.82, 2.24) is 10.3 Å². The zero-order valence-electron chi connectivity index (χ0n) is 8.21. The second-order valence-corrected chi connectivity index (χ2v) is 4.13. The molecule has 1 heterocycles. The molecule has 1 unspecified atom stereocenters. The van der Waals surface area contributed by atoms with Gasteiger partial charge in [0.25, 0.3) is 0 Å². The van der Waals surface area contributed by atoms with E-state index < -0.39 is 0 Å². The van der Waals surface area contributed by atoms with Gasteiger partial charge in [0, 0.05) is 17.8 Å². The van der Waals surface area contributed by atoms with Crippen LogP contribution < -0.4 is 5.32 Å². The molecule has 0 aliphatic carbocycles. The van der Waals surface area contributed by atoms with Crippen molar-refractivity contribution >= 4 is 11.3 Å². The van der Waals surface area contributed by atoms with E-state index in [4.69, 9.17) is 0 Å². The summed E-state index contributed by atoms with van der Waals surface area (Å²) >= 11 is 1.71. The summed E-state index contributed by atoms with van der Waals surface area (Å²) in [6.07, 6.45) is 3.93. The molecule has 1 aromatic heterocycles. The average Bonchev–Trinajstić information content (AvgIpc) is 2.50. The molecule has 3 heteroatoms. The number of nitrogens with zero attached hydrogens (tertiary/aromatic N) is 1. The average molecular weight is 196 g/mol. The lowest BCUT2D eigenvalue weighted by Crippen LogP contribution is -2.26. The first kappa shape index (κ1) is 10.4. The monoisotopic (exact) mass is 196 g/mol. The Morgan fingerprint density at radius 1 is 1.77 bits per heavy atom. The van der Waals surface area contributed by atoms with Crippen LogP contribution in [0.4, 0.5) is 0 Å². The zero-order valence-corrected chi connectivity index (χ0v) is 9.03. The summed E-state index contributed by atoms with van der Waals surface area (Å²) in [4.78, 5) is 4.42. The number of rotatable bonds is 5. The van der Waals surface area contributed by atoms with Crippen LogP contribution in [0.3, 0.4) is 0 Å². The van der Waals surface area contributed by atoms with Crippen LogP contribution in [0.1, 0.15) is 17.1 Å². The topological polar surface area (TPSA) is 24.9 Å². The lowest BCUT2D eigenvalue weighted by atomic mass is 10.1. The van der Waals surface area contributed by atoms with Gasteiger partial charge in [-0.1, -0.05) is 6.08 Å². The van der Waals surface area contributed by atoms with Gasteiger partial charge in [0.1, 0.15) is 0 Å². The highest BCUT2D eigenvalue weighted by Crippen LogP contribution is 2.11. The fraction of sp³-hybridized carbons (Fsp3) is 0.500. The van der Waals surface area contributed by atoms with Crippen molar-refractivity contribution in [3.63, 3.8) is 0 Å². The number of thiazole rings is 1. The van der Waals surface area contributed by atoms with Gasteiger partial charge in [0.05, 0.1) is 10.7 Å². The minimum atomic E-state index is 0.471. The molecular formula is C10H16N2S. The van der Waals surface area contributed by atoms with Gasteiger partial charge in [-0.05, 0) is 20.4 Å². The molecule has 1 N–H and O–H groups in total. The van der Waals surface area contributed by atoms with Crippen molar-refractivity contribution < 1.29 is 0 Å². The highest BCUT2D eigenvalue weighted by atomic mass is 32.1. The summed E-state index contributed by atoms with van der Waals surface area (Å²) in [6, 6.07) is 0.471. The summed E-state index contributed by atoms with van der Waals surface area (Å²) < 4.78 is 0. The molecule has 2 nitrogen and oxygen atoms in total. The fourth-order valence-corrected chi connectivity index (χ4v) is 1.88. The second kappa shape index (κ2) is 5.14. The summed E-state index contributed by atoms with van der Waals surface area (Å²) in [5.41, 5.74) is 1.18. The molecule has 0 radical (unpaired) electrons. The lowest BCUT2D eigenvalue weighted by Gasteiger charge is -2.11. The zero-order chi connectivity index (χ0) is 9.68. The molecule has 0 amide bonds. The van der Waals surface area contributed by atoms with Crippen molar-refractivity contribution in [2.45, 2.75) is 25.8 Å². The van der Waals surface area contributed by atoms with Gasteiger partial charge >= 0.3 is 0 Å². The molecule has 0 saturated heterocycles. The predicted molar refractivity (Wildman–Crippen MR) is 58.2 cm³/mol. The predicted octanol–water partition coefficient (Wildman–Crippen LogP) is 2.16. The SMILES string of the molecule is C=CCC(Cc1csc(C)n1)NC. The van der Waals surface area contributed by atoms with Crippen LogP contribution in [0.15, 0.2) is 18.0 Å². The molecule has 0 aromatic carbocycles. The van der Waals surface area contributed by atoms with E-state index in [1.165, 1.54) is 5.69 Å². The largest absolute Gasteiger partial charge is 0.316 e. The van der Waals surface area contributed by atoms with Gasteiger partial charge in [-0.2, -0.15) is 0 Å². The molecule has 72 valence electrons. The van der Waals surface area contributed by atoms with E-state index >= 15 is 0 Å². The Morgan fingerprint density at radius 3 is 3.00 bits per heavy atom. The Hall–Kier alpha value is -0.670. The Balaban J connectivity index is 2.50. The molecule has 0 fully saturated rings. The minimum Gasteiger partial charge on any atom is -0.316 e. The van der Waals surface area contributed by atoms with Crippen molar-refractivity contribution in [3.8, 4) is 0 Å². The van der Waals surface area contributed by atoms with Crippen LogP contribution in [-0.4, -0.2) is 18.1 Å². The molecule has 0 bridgehead atoms. The molecule has 1 atom stereocenters. The highest BCUT2D eigenvalue weighted by molar-refractivity contribution is 7.09. The van der Waals surface area contributed by atoms with E-state index in [1.54, 1.807) is 11.3 Å². The Morgan fingerprint density at radius 2 is 2.54 bits per heavy atom. The number of likely N-dealkylation sites (N-methyl/N-ethyl adjacent to an activating group) is 1. The van der Waals surface area contributed by atoms with E-state index in [-0.39, 0.29) is 0 Å². The highest BCUT2D eigenvalue weighted by Gasteiger charge is 2.06. The maximum Gasteiger partial charge on any atom is 0.0897 e. The van der Waals surface area contributed by atoms with E-state index in [9.17, 15) is 0 Å². The van der Waals surface area contributed by atoms with Gasteiger partial charge < -0.3 is 5.32 Å². The van der Waals surface area contributed by atoms with Crippen LogP contribution in [0.2, 0.25) is 0 Å². The number of nitrogens with one attached hydrogen (secondary N) is 1. The molecule has 0 saturated carbocycles. The lowest BCUT2D eigenvalue weighted by molar-refractivity contribution is 0.561. The van der Waals surface area contributed by atoms with Crippen LogP contribution in [0.25, 0.3) is 0 Å². The van der Waals surface area contributed by atoms with Crippen molar-refractivity contribution in [3.05, 3.63) is 28.7 Å². The quantitative estimate of drug-likeness (QED) is 0.730. The molecule has 0 aliphatic rings. The number of hydrogen-bond acceptors (Lipinski definition) is 3.